The van der Waals surface area contributed by atoms with Gasteiger partial charge in [-0.25, -0.2) is 4.98 Å². The second kappa shape index (κ2) is 9.08. The van der Waals surface area contributed by atoms with Crippen LogP contribution in [0.2, 0.25) is 0 Å². The van der Waals surface area contributed by atoms with Gasteiger partial charge in [0.1, 0.15) is 0 Å². The summed E-state index contributed by atoms with van der Waals surface area (Å²) in [6.45, 7) is 6.54. The number of hydrogen-bond donors (Lipinski definition) is 2. The van der Waals surface area contributed by atoms with Crippen molar-refractivity contribution in [3.05, 3.63) is 52.8 Å². The topological polar surface area (TPSA) is 106 Å². The summed E-state index contributed by atoms with van der Waals surface area (Å²) in [5.74, 6) is -0.319. The number of pyridine rings is 1. The first-order chi connectivity index (χ1) is 15.3. The molecule has 0 bridgehead atoms. The maximum Gasteiger partial charge on any atom is 0.256 e. The molecule has 32 heavy (non-hydrogen) atoms. The number of aromatic nitrogens is 3. The molecule has 4 rings (SSSR count). The SMILES string of the molecule is Cc1cc(C(=O)Nc2ccc(CCN3CCC(C(N)=O)CC3)cc2)c2c(C)nn(C)c2n1. The maximum atomic E-state index is 13.0. The normalized spacial score (nSPS) is 15.2. The average molecular weight is 435 g/mol. The second-order valence-corrected chi connectivity index (χ2v) is 8.64. The highest BCUT2D eigenvalue weighted by Gasteiger charge is 2.22. The third-order valence-corrected chi connectivity index (χ3v) is 6.26. The Kier molecular flexibility index (Phi) is 6.23. The fourth-order valence-corrected chi connectivity index (χ4v) is 4.43. The number of carbonyl (C=O) groups excluding carboxylic acids is 2. The van der Waals surface area contributed by atoms with Crippen LogP contribution in [0, 0.1) is 19.8 Å². The number of primary amides is 1. The monoisotopic (exact) mass is 434 g/mol. The van der Waals surface area contributed by atoms with Crippen LogP contribution in [-0.4, -0.2) is 51.1 Å². The lowest BCUT2D eigenvalue weighted by atomic mass is 9.96. The third-order valence-electron chi connectivity index (χ3n) is 6.26. The van der Waals surface area contributed by atoms with Crippen LogP contribution in [0.5, 0.6) is 0 Å². The highest BCUT2D eigenvalue weighted by molar-refractivity contribution is 6.12. The van der Waals surface area contributed by atoms with Crippen molar-refractivity contribution in [2.45, 2.75) is 33.1 Å². The zero-order valence-corrected chi connectivity index (χ0v) is 18.9. The van der Waals surface area contributed by atoms with Crippen LogP contribution < -0.4 is 11.1 Å². The molecule has 1 saturated heterocycles. The van der Waals surface area contributed by atoms with Crippen molar-refractivity contribution in [2.24, 2.45) is 18.7 Å². The summed E-state index contributed by atoms with van der Waals surface area (Å²) in [4.78, 5) is 31.2. The molecule has 3 heterocycles. The van der Waals surface area contributed by atoms with Gasteiger partial charge in [0, 0.05) is 30.9 Å². The van der Waals surface area contributed by atoms with Crippen LogP contribution >= 0.6 is 0 Å². The largest absolute Gasteiger partial charge is 0.369 e. The summed E-state index contributed by atoms with van der Waals surface area (Å²) in [5, 5.41) is 8.20. The number of anilines is 1. The van der Waals surface area contributed by atoms with E-state index < -0.39 is 0 Å². The molecule has 0 unspecified atom stereocenters. The molecule has 2 amide bonds. The molecular formula is C24H30N6O2. The molecule has 1 aromatic carbocycles. The molecule has 0 aliphatic carbocycles. The van der Waals surface area contributed by atoms with E-state index in [9.17, 15) is 9.59 Å². The lowest BCUT2D eigenvalue weighted by molar-refractivity contribution is -0.123. The second-order valence-electron chi connectivity index (χ2n) is 8.64. The number of nitrogens with two attached hydrogens (primary N) is 1. The number of piperidine rings is 1. The number of hydrogen-bond acceptors (Lipinski definition) is 5. The summed E-state index contributed by atoms with van der Waals surface area (Å²) in [6.07, 6.45) is 2.62. The summed E-state index contributed by atoms with van der Waals surface area (Å²) in [7, 11) is 1.84. The summed E-state index contributed by atoms with van der Waals surface area (Å²) >= 11 is 0. The molecule has 1 aliphatic rings. The fourth-order valence-electron chi connectivity index (χ4n) is 4.43. The van der Waals surface area contributed by atoms with E-state index in [1.54, 1.807) is 4.68 Å². The van der Waals surface area contributed by atoms with Crippen LogP contribution in [0.4, 0.5) is 5.69 Å². The highest BCUT2D eigenvalue weighted by Crippen LogP contribution is 2.23. The Morgan fingerprint density at radius 2 is 1.84 bits per heavy atom. The molecule has 1 aliphatic heterocycles. The smallest absolute Gasteiger partial charge is 0.256 e. The highest BCUT2D eigenvalue weighted by atomic mass is 16.2. The molecule has 2 aromatic heterocycles. The number of amides is 2. The quantitative estimate of drug-likeness (QED) is 0.620. The minimum atomic E-state index is -0.177. The lowest BCUT2D eigenvalue weighted by Crippen LogP contribution is -2.39. The van der Waals surface area contributed by atoms with Crippen molar-refractivity contribution in [2.75, 3.05) is 25.0 Å². The van der Waals surface area contributed by atoms with Gasteiger partial charge >= 0.3 is 0 Å². The van der Waals surface area contributed by atoms with Gasteiger partial charge in [-0.05, 0) is 70.0 Å². The van der Waals surface area contributed by atoms with Gasteiger partial charge in [-0.3, -0.25) is 14.3 Å². The molecule has 0 spiro atoms. The molecule has 0 radical (unpaired) electrons. The molecule has 8 heteroatoms. The van der Waals surface area contributed by atoms with E-state index in [1.165, 1.54) is 5.56 Å². The number of nitrogens with one attached hydrogen (secondary N) is 1. The Bertz CT molecular complexity index is 1140. The number of nitrogens with zero attached hydrogens (tertiary/aromatic N) is 4. The van der Waals surface area contributed by atoms with Crippen molar-refractivity contribution < 1.29 is 9.59 Å². The lowest BCUT2D eigenvalue weighted by Gasteiger charge is -2.30. The summed E-state index contributed by atoms with van der Waals surface area (Å²) < 4.78 is 1.71. The number of rotatable bonds is 6. The molecule has 0 saturated carbocycles. The van der Waals surface area contributed by atoms with Gasteiger partial charge in [0.05, 0.1) is 16.6 Å². The third kappa shape index (κ3) is 4.65. The molecule has 3 N–H and O–H groups in total. The Morgan fingerprint density at radius 3 is 2.50 bits per heavy atom. The maximum absolute atomic E-state index is 13.0. The van der Waals surface area contributed by atoms with E-state index in [-0.39, 0.29) is 17.7 Å². The number of likely N-dealkylation sites (tertiary alicyclic amines) is 1. The number of aryl methyl sites for hydroxylation is 3. The minimum absolute atomic E-state index is 0.0232. The minimum Gasteiger partial charge on any atom is -0.369 e. The van der Waals surface area contributed by atoms with Gasteiger partial charge in [-0.1, -0.05) is 12.1 Å². The molecule has 8 nitrogen and oxygen atoms in total. The van der Waals surface area contributed by atoms with Gasteiger partial charge in [-0.2, -0.15) is 5.10 Å². The first kappa shape index (κ1) is 22.0. The molecule has 168 valence electrons. The van der Waals surface area contributed by atoms with Gasteiger partial charge < -0.3 is 16.0 Å². The van der Waals surface area contributed by atoms with Crippen LogP contribution in [-0.2, 0) is 18.3 Å². The van der Waals surface area contributed by atoms with Gasteiger partial charge in [0.15, 0.2) is 5.65 Å². The van der Waals surface area contributed by atoms with E-state index in [4.69, 9.17) is 5.73 Å². The summed E-state index contributed by atoms with van der Waals surface area (Å²) in [5.41, 5.74) is 10.2. The predicted octanol–water partition coefficient (Wildman–Crippen LogP) is 2.58. The summed E-state index contributed by atoms with van der Waals surface area (Å²) in [6, 6.07) is 9.78. The zero-order chi connectivity index (χ0) is 22.8. The van der Waals surface area contributed by atoms with Crippen LogP contribution in [0.1, 0.15) is 40.2 Å². The number of benzene rings is 1. The standard InChI is InChI=1S/C24H30N6O2/c1-15-14-20(21-16(2)28-29(3)23(21)26-15)24(32)27-19-6-4-17(5-7-19)8-11-30-12-9-18(10-13-30)22(25)31/h4-7,14,18H,8-13H2,1-3H3,(H2,25,31)(H,27,32). The van der Waals surface area contributed by atoms with Gasteiger partial charge in [0.2, 0.25) is 5.91 Å². The van der Waals surface area contributed by atoms with E-state index in [2.05, 4.69) is 32.4 Å². The number of carbonyl (C=O) groups is 2. The molecule has 0 atom stereocenters. The fraction of sp³-hybridized carbons (Fsp3) is 0.417. The molecule has 3 aromatic rings. The Morgan fingerprint density at radius 1 is 1.16 bits per heavy atom. The van der Waals surface area contributed by atoms with Crippen LogP contribution in [0.25, 0.3) is 11.0 Å². The first-order valence-corrected chi connectivity index (χ1v) is 11.0. The van der Waals surface area contributed by atoms with Crippen molar-refractivity contribution in [1.29, 1.82) is 0 Å². The number of fused-ring (bicyclic) bond motifs is 1. The van der Waals surface area contributed by atoms with E-state index in [0.29, 0.717) is 11.2 Å². The molecule has 1 fully saturated rings. The van der Waals surface area contributed by atoms with Gasteiger partial charge in [0.25, 0.3) is 5.91 Å². The van der Waals surface area contributed by atoms with E-state index >= 15 is 0 Å². The Labute approximate surface area is 187 Å². The Balaban J connectivity index is 1.38. The van der Waals surface area contributed by atoms with Crippen molar-refractivity contribution in [1.82, 2.24) is 19.7 Å². The van der Waals surface area contributed by atoms with Crippen molar-refractivity contribution in [3.8, 4) is 0 Å². The zero-order valence-electron chi connectivity index (χ0n) is 18.9. The Hall–Kier alpha value is -3.26. The predicted molar refractivity (Wildman–Crippen MR) is 124 cm³/mol. The van der Waals surface area contributed by atoms with Gasteiger partial charge in [-0.15, -0.1) is 0 Å². The average Bonchev–Trinajstić information content (AvgIpc) is 3.06. The van der Waals surface area contributed by atoms with Crippen molar-refractivity contribution >= 4 is 28.5 Å². The van der Waals surface area contributed by atoms with E-state index in [1.807, 2.05) is 39.1 Å². The first-order valence-electron chi connectivity index (χ1n) is 11.0. The van der Waals surface area contributed by atoms with Crippen LogP contribution in [0.3, 0.4) is 0 Å². The molecular weight excluding hydrogens is 404 g/mol. The van der Waals surface area contributed by atoms with Crippen molar-refractivity contribution in [3.63, 3.8) is 0 Å². The van der Waals surface area contributed by atoms with E-state index in [0.717, 1.165) is 61.4 Å². The van der Waals surface area contributed by atoms with Crippen LogP contribution in [0.15, 0.2) is 30.3 Å².